The highest BCUT2D eigenvalue weighted by Gasteiger charge is 2.28. The topological polar surface area (TPSA) is 21.1 Å². The van der Waals surface area contributed by atoms with E-state index >= 15 is 0 Å². The zero-order chi connectivity index (χ0) is 16.1. The molecule has 0 saturated carbocycles. The predicted octanol–water partition coefficient (Wildman–Crippen LogP) is 4.49. The summed E-state index contributed by atoms with van der Waals surface area (Å²) >= 11 is 0. The maximum Gasteiger partial charge on any atom is 0.0948 e. The zero-order valence-corrected chi connectivity index (χ0v) is 14.4. The van der Waals surface area contributed by atoms with Gasteiger partial charge in [-0.15, -0.1) is 0 Å². The van der Waals surface area contributed by atoms with Gasteiger partial charge in [-0.25, -0.2) is 4.98 Å². The summed E-state index contributed by atoms with van der Waals surface area (Å²) in [5.74, 6) is 0.627. The molecule has 0 N–H and O–H groups in total. The molecule has 0 bridgehead atoms. The second-order valence-electron chi connectivity index (χ2n) is 6.95. The van der Waals surface area contributed by atoms with Gasteiger partial charge in [-0.2, -0.15) is 0 Å². The van der Waals surface area contributed by atoms with E-state index in [1.807, 2.05) is 12.5 Å². The summed E-state index contributed by atoms with van der Waals surface area (Å²) in [6.07, 6.45) is 11.2. The molecule has 3 heteroatoms. The van der Waals surface area contributed by atoms with Crippen molar-refractivity contribution in [1.82, 2.24) is 14.5 Å². The van der Waals surface area contributed by atoms with Gasteiger partial charge in [0.05, 0.1) is 6.33 Å². The summed E-state index contributed by atoms with van der Waals surface area (Å²) in [6, 6.07) is 12.1. The second kappa shape index (κ2) is 7.78. The quantitative estimate of drug-likeness (QED) is 0.783. The fourth-order valence-corrected chi connectivity index (χ4v) is 3.86. The first kappa shape index (κ1) is 16.3. The van der Waals surface area contributed by atoms with Gasteiger partial charge in [-0.05, 0) is 50.8 Å². The molecule has 1 saturated heterocycles. The number of aromatic nitrogens is 2. The minimum atomic E-state index is 0.504. The van der Waals surface area contributed by atoms with E-state index in [1.54, 1.807) is 0 Å². The summed E-state index contributed by atoms with van der Waals surface area (Å²) in [6.45, 7) is 7.13. The van der Waals surface area contributed by atoms with Gasteiger partial charge in [0, 0.05) is 24.5 Å². The van der Waals surface area contributed by atoms with Gasteiger partial charge < -0.3 is 4.57 Å². The number of hydrogen-bond donors (Lipinski definition) is 0. The van der Waals surface area contributed by atoms with Crippen LogP contribution in [0.4, 0.5) is 0 Å². The van der Waals surface area contributed by atoms with Crippen molar-refractivity contribution in [1.29, 1.82) is 0 Å². The molecule has 0 spiro atoms. The Balaban J connectivity index is 1.60. The molecule has 1 aliphatic heterocycles. The SMILES string of the molecule is CC(CCN1CCCCC1C(C)n1ccnc1)c1ccccc1. The summed E-state index contributed by atoms with van der Waals surface area (Å²) in [5, 5.41) is 0. The first-order chi connectivity index (χ1) is 11.3. The van der Waals surface area contributed by atoms with Crippen LogP contribution in [0.5, 0.6) is 0 Å². The second-order valence-corrected chi connectivity index (χ2v) is 6.95. The monoisotopic (exact) mass is 311 g/mol. The maximum absolute atomic E-state index is 4.22. The van der Waals surface area contributed by atoms with Crippen LogP contribution in [-0.2, 0) is 0 Å². The molecule has 1 aromatic heterocycles. The predicted molar refractivity (Wildman–Crippen MR) is 95.6 cm³/mol. The Kier molecular flexibility index (Phi) is 5.50. The highest BCUT2D eigenvalue weighted by Crippen LogP contribution is 2.28. The molecule has 2 heterocycles. The van der Waals surface area contributed by atoms with Crippen LogP contribution in [0.3, 0.4) is 0 Å². The lowest BCUT2D eigenvalue weighted by Gasteiger charge is -2.40. The van der Waals surface area contributed by atoms with Crippen molar-refractivity contribution in [3.05, 3.63) is 54.6 Å². The molecule has 1 aromatic carbocycles. The number of benzene rings is 1. The number of rotatable bonds is 6. The summed E-state index contributed by atoms with van der Waals surface area (Å²) in [5.41, 5.74) is 1.46. The molecule has 2 aromatic rings. The minimum Gasteiger partial charge on any atom is -0.333 e. The van der Waals surface area contributed by atoms with Crippen molar-refractivity contribution < 1.29 is 0 Å². The number of imidazole rings is 1. The molecular weight excluding hydrogens is 282 g/mol. The normalized spacial score (nSPS) is 21.9. The van der Waals surface area contributed by atoms with E-state index < -0.39 is 0 Å². The molecule has 0 aliphatic carbocycles. The average Bonchev–Trinajstić information content (AvgIpc) is 3.15. The first-order valence-corrected chi connectivity index (χ1v) is 9.02. The molecule has 23 heavy (non-hydrogen) atoms. The largest absolute Gasteiger partial charge is 0.333 e. The van der Waals surface area contributed by atoms with E-state index in [0.717, 1.165) is 0 Å². The van der Waals surface area contributed by atoms with Gasteiger partial charge in [0.15, 0.2) is 0 Å². The van der Waals surface area contributed by atoms with Crippen LogP contribution in [0.2, 0.25) is 0 Å². The summed E-state index contributed by atoms with van der Waals surface area (Å²) in [4.78, 5) is 6.94. The molecule has 0 radical (unpaired) electrons. The van der Waals surface area contributed by atoms with Crippen molar-refractivity contribution in [2.45, 2.75) is 57.5 Å². The Morgan fingerprint density at radius 3 is 2.74 bits per heavy atom. The molecule has 1 fully saturated rings. The Morgan fingerprint density at radius 1 is 1.17 bits per heavy atom. The Morgan fingerprint density at radius 2 is 2.00 bits per heavy atom. The lowest BCUT2D eigenvalue weighted by atomic mass is 9.93. The van der Waals surface area contributed by atoms with Gasteiger partial charge in [-0.3, -0.25) is 4.90 Å². The van der Waals surface area contributed by atoms with Gasteiger partial charge >= 0.3 is 0 Å². The summed E-state index contributed by atoms with van der Waals surface area (Å²) < 4.78 is 2.27. The molecule has 124 valence electrons. The van der Waals surface area contributed by atoms with Crippen LogP contribution < -0.4 is 0 Å². The van der Waals surface area contributed by atoms with Gasteiger partial charge in [-0.1, -0.05) is 43.7 Å². The number of nitrogens with zero attached hydrogens (tertiary/aromatic N) is 3. The fraction of sp³-hybridized carbons (Fsp3) is 0.550. The Bertz CT molecular complexity index is 564. The van der Waals surface area contributed by atoms with Crippen LogP contribution >= 0.6 is 0 Å². The third kappa shape index (κ3) is 4.03. The van der Waals surface area contributed by atoms with Gasteiger partial charge in [0.25, 0.3) is 0 Å². The number of piperidine rings is 1. The van der Waals surface area contributed by atoms with Crippen molar-refractivity contribution in [2.24, 2.45) is 0 Å². The molecule has 3 unspecified atom stereocenters. The molecular formula is C20H29N3. The Hall–Kier alpha value is -1.61. The van der Waals surface area contributed by atoms with Crippen LogP contribution in [0.1, 0.15) is 57.1 Å². The zero-order valence-electron chi connectivity index (χ0n) is 14.4. The van der Waals surface area contributed by atoms with Gasteiger partial charge in [0.2, 0.25) is 0 Å². The Labute approximate surface area is 140 Å². The van der Waals surface area contributed by atoms with Crippen LogP contribution in [-0.4, -0.2) is 33.6 Å². The minimum absolute atomic E-state index is 0.504. The van der Waals surface area contributed by atoms with Crippen molar-refractivity contribution >= 4 is 0 Å². The van der Waals surface area contributed by atoms with E-state index in [-0.39, 0.29) is 0 Å². The molecule has 3 atom stereocenters. The van der Waals surface area contributed by atoms with Crippen molar-refractivity contribution in [2.75, 3.05) is 13.1 Å². The lowest BCUT2D eigenvalue weighted by Crippen LogP contribution is -2.44. The van der Waals surface area contributed by atoms with E-state index in [4.69, 9.17) is 0 Å². The third-order valence-corrected chi connectivity index (χ3v) is 5.43. The van der Waals surface area contributed by atoms with E-state index in [9.17, 15) is 0 Å². The van der Waals surface area contributed by atoms with Gasteiger partial charge in [0.1, 0.15) is 0 Å². The number of hydrogen-bond acceptors (Lipinski definition) is 2. The van der Waals surface area contributed by atoms with Crippen LogP contribution in [0, 0.1) is 0 Å². The van der Waals surface area contributed by atoms with E-state index in [1.165, 1.54) is 44.3 Å². The van der Waals surface area contributed by atoms with Crippen molar-refractivity contribution in [3.63, 3.8) is 0 Å². The highest BCUT2D eigenvalue weighted by molar-refractivity contribution is 5.18. The van der Waals surface area contributed by atoms with E-state index in [2.05, 4.69) is 64.8 Å². The lowest BCUT2D eigenvalue weighted by molar-refractivity contribution is 0.105. The first-order valence-electron chi connectivity index (χ1n) is 9.02. The van der Waals surface area contributed by atoms with E-state index in [0.29, 0.717) is 18.0 Å². The molecule has 1 aliphatic rings. The van der Waals surface area contributed by atoms with Crippen LogP contribution in [0.25, 0.3) is 0 Å². The van der Waals surface area contributed by atoms with Crippen LogP contribution in [0.15, 0.2) is 49.1 Å². The summed E-state index contributed by atoms with van der Waals surface area (Å²) in [7, 11) is 0. The van der Waals surface area contributed by atoms with Crippen molar-refractivity contribution in [3.8, 4) is 0 Å². The average molecular weight is 311 g/mol. The smallest absolute Gasteiger partial charge is 0.0948 e. The fourth-order valence-electron chi connectivity index (χ4n) is 3.86. The highest BCUT2D eigenvalue weighted by atomic mass is 15.2. The third-order valence-electron chi connectivity index (χ3n) is 5.43. The number of likely N-dealkylation sites (tertiary alicyclic amines) is 1. The molecule has 3 rings (SSSR count). The maximum atomic E-state index is 4.22. The standard InChI is InChI=1S/C20H29N3/c1-17(19-8-4-3-5-9-19)11-14-22-13-7-6-10-20(22)18(2)23-15-12-21-16-23/h3-5,8-9,12,15-18,20H,6-7,10-11,13-14H2,1-2H3. The molecule has 3 nitrogen and oxygen atoms in total. The molecule has 0 amide bonds.